The highest BCUT2D eigenvalue weighted by molar-refractivity contribution is 5.94. The van der Waals surface area contributed by atoms with Gasteiger partial charge in [0.25, 0.3) is 5.91 Å². The van der Waals surface area contributed by atoms with Crippen molar-refractivity contribution in [1.82, 2.24) is 4.90 Å². The summed E-state index contributed by atoms with van der Waals surface area (Å²) < 4.78 is 40.5. The van der Waals surface area contributed by atoms with Crippen LogP contribution in [0.1, 0.15) is 80.0 Å². The maximum absolute atomic E-state index is 14.4. The molecule has 2 aliphatic heterocycles. The number of hydrogen-bond donors (Lipinski definition) is 0. The summed E-state index contributed by atoms with van der Waals surface area (Å²) in [7, 11) is 0. The minimum atomic E-state index is -0.388. The molecule has 2 saturated heterocycles. The minimum Gasteiger partial charge on any atom is -0.378 e. The van der Waals surface area contributed by atoms with Gasteiger partial charge in [0.15, 0.2) is 0 Å². The molecule has 4 rings (SSSR count). The summed E-state index contributed by atoms with van der Waals surface area (Å²) in [5.74, 6) is -0.678. The quantitative estimate of drug-likeness (QED) is 0.551. The highest BCUT2D eigenvalue weighted by atomic mass is 19.1. The number of likely N-dealkylation sites (tertiary alicyclic amines) is 1. The average Bonchev–Trinajstić information content (AvgIpc) is 2.79. The molecule has 2 aliphatic rings. The first-order valence-electron chi connectivity index (χ1n) is 11.9. The van der Waals surface area contributed by atoms with Crippen LogP contribution in [0.5, 0.6) is 0 Å². The van der Waals surface area contributed by atoms with Gasteiger partial charge in [-0.3, -0.25) is 4.79 Å². The van der Waals surface area contributed by atoms with E-state index < -0.39 is 0 Å². The molecule has 2 heterocycles. The summed E-state index contributed by atoms with van der Waals surface area (Å²) in [5.41, 5.74) is 1.56. The number of ether oxygens (including phenoxy) is 2. The summed E-state index contributed by atoms with van der Waals surface area (Å²) in [6.07, 6.45) is 2.76. The van der Waals surface area contributed by atoms with E-state index in [1.807, 2.05) is 20.8 Å². The molecule has 2 aromatic carbocycles. The zero-order chi connectivity index (χ0) is 23.6. The third-order valence-corrected chi connectivity index (χ3v) is 6.94. The lowest BCUT2D eigenvalue weighted by molar-refractivity contribution is -0.190. The van der Waals surface area contributed by atoms with Gasteiger partial charge in [0, 0.05) is 38.1 Å². The second-order valence-electron chi connectivity index (χ2n) is 9.54. The van der Waals surface area contributed by atoms with Gasteiger partial charge in [0.05, 0.1) is 17.8 Å². The van der Waals surface area contributed by atoms with E-state index in [0.717, 1.165) is 18.4 Å². The molecule has 0 N–H and O–H groups in total. The van der Waals surface area contributed by atoms with Gasteiger partial charge < -0.3 is 14.4 Å². The summed E-state index contributed by atoms with van der Waals surface area (Å²) in [6, 6.07) is 11.3. The molecule has 1 spiro atoms. The topological polar surface area (TPSA) is 38.8 Å². The average molecular weight is 458 g/mol. The van der Waals surface area contributed by atoms with E-state index in [2.05, 4.69) is 0 Å². The van der Waals surface area contributed by atoms with E-state index in [9.17, 15) is 13.6 Å². The van der Waals surface area contributed by atoms with Crippen molar-refractivity contribution < 1.29 is 23.0 Å². The van der Waals surface area contributed by atoms with Crippen LogP contribution in [-0.4, -0.2) is 42.2 Å². The number of hydrogen-bond acceptors (Lipinski definition) is 3. The van der Waals surface area contributed by atoms with Crippen LogP contribution >= 0.6 is 0 Å². The third kappa shape index (κ3) is 5.28. The molecule has 0 aliphatic carbocycles. The van der Waals surface area contributed by atoms with Crippen LogP contribution in [0.4, 0.5) is 8.78 Å². The summed E-state index contributed by atoms with van der Waals surface area (Å²) >= 11 is 0. The van der Waals surface area contributed by atoms with Crippen LogP contribution in [0.15, 0.2) is 42.5 Å². The predicted octanol–water partition coefficient (Wildman–Crippen LogP) is 6.02. The highest BCUT2D eigenvalue weighted by Crippen LogP contribution is 2.44. The van der Waals surface area contributed by atoms with Crippen LogP contribution in [0.2, 0.25) is 0 Å². The van der Waals surface area contributed by atoms with E-state index in [4.69, 9.17) is 9.47 Å². The van der Waals surface area contributed by atoms with Crippen molar-refractivity contribution in [3.8, 4) is 0 Å². The Morgan fingerprint density at radius 1 is 1.15 bits per heavy atom. The first kappa shape index (κ1) is 23.8. The first-order chi connectivity index (χ1) is 15.8. The summed E-state index contributed by atoms with van der Waals surface area (Å²) in [6.45, 7) is 7.56. The molecule has 0 saturated carbocycles. The minimum absolute atomic E-state index is 0.0544. The monoisotopic (exact) mass is 457 g/mol. The maximum atomic E-state index is 14.4. The molecular formula is C27H33F2NO3. The fraction of sp³-hybridized carbons (Fsp3) is 0.519. The van der Waals surface area contributed by atoms with Gasteiger partial charge in [-0.25, -0.2) is 8.78 Å². The van der Waals surface area contributed by atoms with Crippen LogP contribution in [0.25, 0.3) is 0 Å². The van der Waals surface area contributed by atoms with Crippen molar-refractivity contribution in [2.75, 3.05) is 19.7 Å². The summed E-state index contributed by atoms with van der Waals surface area (Å²) in [4.78, 5) is 14.8. The number of carbonyl (C=O) groups excluding carboxylic acids is 1. The van der Waals surface area contributed by atoms with Crippen LogP contribution in [-0.2, 0) is 9.47 Å². The molecule has 0 aromatic heterocycles. The Labute approximate surface area is 194 Å². The van der Waals surface area contributed by atoms with Gasteiger partial charge >= 0.3 is 0 Å². The standard InChI is InChI=1S/C27H33F2NO3/c1-4-32-22-16-25(19-5-8-21(28)9-6-19)33-27(17-22)11-13-30(14-12-27)26(31)20-7-10-23(18(2)3)24(29)15-20/h5-10,15,18,22,25H,4,11-14,16-17H2,1-3H3/t22-,25-/m0/s1. The number of nitrogens with zero attached hydrogens (tertiary/aromatic N) is 1. The molecule has 0 unspecified atom stereocenters. The largest absolute Gasteiger partial charge is 0.378 e. The Bertz CT molecular complexity index is 968. The molecule has 0 radical (unpaired) electrons. The lowest BCUT2D eigenvalue weighted by Crippen LogP contribution is -2.52. The molecular weight excluding hydrogens is 424 g/mol. The molecule has 33 heavy (non-hydrogen) atoms. The second-order valence-corrected chi connectivity index (χ2v) is 9.54. The van der Waals surface area contributed by atoms with Gasteiger partial charge in [-0.2, -0.15) is 0 Å². The van der Waals surface area contributed by atoms with Gasteiger partial charge in [-0.15, -0.1) is 0 Å². The number of benzene rings is 2. The molecule has 2 atom stereocenters. The highest BCUT2D eigenvalue weighted by Gasteiger charge is 2.45. The molecule has 178 valence electrons. The van der Waals surface area contributed by atoms with Crippen LogP contribution < -0.4 is 0 Å². The van der Waals surface area contributed by atoms with Crippen molar-refractivity contribution in [1.29, 1.82) is 0 Å². The van der Waals surface area contributed by atoms with Crippen molar-refractivity contribution in [3.63, 3.8) is 0 Å². The zero-order valence-electron chi connectivity index (χ0n) is 19.7. The molecule has 1 amide bonds. The fourth-order valence-corrected chi connectivity index (χ4v) is 5.13. The van der Waals surface area contributed by atoms with E-state index >= 15 is 0 Å². The molecule has 4 nitrogen and oxygen atoms in total. The van der Waals surface area contributed by atoms with E-state index in [-0.39, 0.29) is 41.3 Å². The Morgan fingerprint density at radius 2 is 1.85 bits per heavy atom. The number of carbonyl (C=O) groups is 1. The van der Waals surface area contributed by atoms with Crippen molar-refractivity contribution >= 4 is 5.91 Å². The zero-order valence-corrected chi connectivity index (χ0v) is 19.7. The van der Waals surface area contributed by atoms with Gasteiger partial charge in [0.2, 0.25) is 0 Å². The summed E-state index contributed by atoms with van der Waals surface area (Å²) in [5, 5.41) is 0. The lowest BCUT2D eigenvalue weighted by atomic mass is 9.80. The predicted molar refractivity (Wildman–Crippen MR) is 123 cm³/mol. The second kappa shape index (κ2) is 9.90. The van der Waals surface area contributed by atoms with E-state index in [0.29, 0.717) is 43.7 Å². The van der Waals surface area contributed by atoms with Crippen LogP contribution in [0, 0.1) is 11.6 Å². The molecule has 0 bridgehead atoms. The smallest absolute Gasteiger partial charge is 0.253 e. The lowest BCUT2D eigenvalue weighted by Gasteiger charge is -2.48. The van der Waals surface area contributed by atoms with E-state index in [1.165, 1.54) is 18.2 Å². The SMILES string of the molecule is CCO[C@H]1C[C@@H](c2ccc(F)cc2)OC2(CCN(C(=O)c3ccc(C(C)C)c(F)c3)CC2)C1. The first-order valence-corrected chi connectivity index (χ1v) is 11.9. The Balaban J connectivity index is 1.46. The number of amides is 1. The fourth-order valence-electron chi connectivity index (χ4n) is 5.13. The van der Waals surface area contributed by atoms with Crippen molar-refractivity contribution in [2.45, 2.75) is 70.2 Å². The Kier molecular flexibility index (Phi) is 7.15. The normalized spacial score (nSPS) is 22.7. The van der Waals surface area contributed by atoms with Crippen LogP contribution in [0.3, 0.4) is 0 Å². The third-order valence-electron chi connectivity index (χ3n) is 6.94. The van der Waals surface area contributed by atoms with E-state index in [1.54, 1.807) is 29.2 Å². The molecule has 6 heteroatoms. The Morgan fingerprint density at radius 3 is 2.45 bits per heavy atom. The Hall–Kier alpha value is -2.31. The van der Waals surface area contributed by atoms with Crippen molar-refractivity contribution in [3.05, 3.63) is 70.8 Å². The van der Waals surface area contributed by atoms with Crippen molar-refractivity contribution in [2.24, 2.45) is 0 Å². The van der Waals surface area contributed by atoms with Gasteiger partial charge in [-0.1, -0.05) is 32.0 Å². The number of halogens is 2. The van der Waals surface area contributed by atoms with Gasteiger partial charge in [-0.05, 0) is 61.1 Å². The molecule has 2 aromatic rings. The number of piperidine rings is 1. The maximum Gasteiger partial charge on any atom is 0.253 e. The molecule has 2 fully saturated rings. The number of rotatable bonds is 5. The van der Waals surface area contributed by atoms with Gasteiger partial charge in [0.1, 0.15) is 11.6 Å².